The van der Waals surface area contributed by atoms with E-state index in [4.69, 9.17) is 0 Å². The van der Waals surface area contributed by atoms with Gasteiger partial charge < -0.3 is 0 Å². The molecular weight excluding hydrogens is 355 g/mol. The first-order valence-electron chi connectivity index (χ1n) is 10.2. The van der Waals surface area contributed by atoms with Gasteiger partial charge >= 0.3 is 0 Å². The number of rotatable bonds is 4. The summed E-state index contributed by atoms with van der Waals surface area (Å²) in [6.45, 7) is 5.23. The first kappa shape index (κ1) is 17.8. The van der Waals surface area contributed by atoms with Crippen molar-refractivity contribution in [2.24, 2.45) is 22.2 Å². The quantitative estimate of drug-likeness (QED) is 0.853. The van der Waals surface area contributed by atoms with Gasteiger partial charge in [-0.2, -0.15) is 0 Å². The lowest BCUT2D eigenvalue weighted by atomic mass is 9.40. The second kappa shape index (κ2) is 5.88. The zero-order chi connectivity index (χ0) is 19.6. The van der Waals surface area contributed by atoms with Gasteiger partial charge in [0.1, 0.15) is 12.1 Å². The van der Waals surface area contributed by atoms with Crippen LogP contribution in [0.4, 0.5) is 10.3 Å². The molecule has 1 heterocycles. The number of anilines is 1. The van der Waals surface area contributed by atoms with Gasteiger partial charge in [0.15, 0.2) is 0 Å². The van der Waals surface area contributed by atoms with Crippen LogP contribution < -0.4 is 5.32 Å². The molecule has 6 heteroatoms. The van der Waals surface area contributed by atoms with Crippen molar-refractivity contribution in [1.29, 1.82) is 0 Å². The van der Waals surface area contributed by atoms with Gasteiger partial charge in [0.2, 0.25) is 11.9 Å². The Morgan fingerprint density at radius 2 is 1.82 bits per heavy atom. The van der Waals surface area contributed by atoms with E-state index in [-0.39, 0.29) is 17.1 Å². The van der Waals surface area contributed by atoms with Crippen LogP contribution in [0, 0.1) is 28.0 Å². The molecule has 0 aliphatic heterocycles. The Labute approximate surface area is 164 Å². The van der Waals surface area contributed by atoms with Gasteiger partial charge in [-0.05, 0) is 73.0 Å². The molecule has 1 N–H and O–H groups in total. The van der Waals surface area contributed by atoms with E-state index in [0.29, 0.717) is 29.2 Å². The van der Waals surface area contributed by atoms with Crippen molar-refractivity contribution in [3.8, 4) is 0 Å². The van der Waals surface area contributed by atoms with Crippen LogP contribution in [0.1, 0.15) is 57.9 Å². The van der Waals surface area contributed by atoms with E-state index in [1.54, 1.807) is 23.1 Å². The Bertz CT molecular complexity index is 903. The number of hydrogen-bond acceptors (Lipinski definition) is 3. The predicted molar refractivity (Wildman–Crippen MR) is 104 cm³/mol. The number of amides is 1. The summed E-state index contributed by atoms with van der Waals surface area (Å²) in [6, 6.07) is 6.32. The van der Waals surface area contributed by atoms with Gasteiger partial charge in [-0.3, -0.25) is 10.1 Å². The highest BCUT2D eigenvalue weighted by atomic mass is 19.1. The Morgan fingerprint density at radius 3 is 2.46 bits per heavy atom. The fraction of sp³-hybridized carbons (Fsp3) is 0.591. The smallest absolute Gasteiger partial charge is 0.248 e. The van der Waals surface area contributed by atoms with Crippen LogP contribution in [0.3, 0.4) is 0 Å². The molecule has 28 heavy (non-hydrogen) atoms. The number of carbonyl (C=O) groups is 1. The maximum absolute atomic E-state index is 13.3. The van der Waals surface area contributed by atoms with Gasteiger partial charge in [0.25, 0.3) is 0 Å². The molecule has 2 atom stereocenters. The van der Waals surface area contributed by atoms with Crippen molar-refractivity contribution in [3.05, 3.63) is 42.0 Å². The first-order chi connectivity index (χ1) is 13.2. The zero-order valence-electron chi connectivity index (χ0n) is 16.5. The molecule has 4 aliphatic rings. The van der Waals surface area contributed by atoms with E-state index >= 15 is 0 Å². The fourth-order valence-electron chi connectivity index (χ4n) is 7.14. The largest absolute Gasteiger partial charge is 0.293 e. The van der Waals surface area contributed by atoms with Crippen molar-refractivity contribution in [3.63, 3.8) is 0 Å². The molecule has 4 fully saturated rings. The number of aromatic nitrogens is 3. The van der Waals surface area contributed by atoms with Crippen molar-refractivity contribution in [2.45, 2.75) is 58.9 Å². The van der Waals surface area contributed by atoms with Crippen LogP contribution in [-0.4, -0.2) is 20.7 Å². The third-order valence-corrected chi connectivity index (χ3v) is 7.13. The minimum atomic E-state index is -0.272. The van der Waals surface area contributed by atoms with Crippen LogP contribution >= 0.6 is 0 Å². The second-order valence-corrected chi connectivity index (χ2v) is 10.3. The predicted octanol–water partition coefficient (Wildman–Crippen LogP) is 4.40. The molecule has 1 amide bonds. The number of nitrogens with zero attached hydrogens (tertiary/aromatic N) is 3. The lowest BCUT2D eigenvalue weighted by Gasteiger charge is -2.64. The van der Waals surface area contributed by atoms with Crippen LogP contribution in [-0.2, 0) is 11.3 Å². The molecule has 0 unspecified atom stereocenters. The standard InChI is InChI=1S/C22H27FN4O/c1-20-7-16-8-21(2,11-20)13-22(9-16,12-20)18(28)25-19-24-14-27(26-19)10-15-3-5-17(23)6-4-15/h3-6,14,16H,7-13H2,1-2H3,(H,25,26,28)/t16?,20-,21-,22?/m0/s1. The van der Waals surface area contributed by atoms with Crippen molar-refractivity contribution < 1.29 is 9.18 Å². The Morgan fingerprint density at radius 1 is 1.14 bits per heavy atom. The van der Waals surface area contributed by atoms with Crippen molar-refractivity contribution in [2.75, 3.05) is 5.32 Å². The maximum atomic E-state index is 13.3. The molecule has 6 rings (SSSR count). The van der Waals surface area contributed by atoms with Crippen molar-refractivity contribution >= 4 is 11.9 Å². The fourth-order valence-corrected chi connectivity index (χ4v) is 7.14. The molecule has 4 bridgehead atoms. The number of halogens is 1. The van der Waals surface area contributed by atoms with E-state index in [9.17, 15) is 9.18 Å². The molecule has 0 spiro atoms. The molecule has 5 nitrogen and oxygen atoms in total. The van der Waals surface area contributed by atoms with Gasteiger partial charge in [-0.15, -0.1) is 5.10 Å². The maximum Gasteiger partial charge on any atom is 0.248 e. The molecule has 1 aromatic heterocycles. The first-order valence-corrected chi connectivity index (χ1v) is 10.2. The van der Waals surface area contributed by atoms with Gasteiger partial charge in [0.05, 0.1) is 12.0 Å². The van der Waals surface area contributed by atoms with E-state index in [0.717, 1.165) is 24.8 Å². The summed E-state index contributed by atoms with van der Waals surface area (Å²) in [6.07, 6.45) is 8.35. The molecule has 1 aromatic carbocycles. The highest BCUT2D eigenvalue weighted by molar-refractivity contribution is 5.94. The summed E-state index contributed by atoms with van der Waals surface area (Å²) in [7, 11) is 0. The average molecular weight is 382 g/mol. The summed E-state index contributed by atoms with van der Waals surface area (Å²) in [5.74, 6) is 0.862. The van der Waals surface area contributed by atoms with E-state index in [1.165, 1.54) is 31.4 Å². The van der Waals surface area contributed by atoms with Crippen LogP contribution in [0.25, 0.3) is 0 Å². The van der Waals surface area contributed by atoms with Crippen LogP contribution in [0.5, 0.6) is 0 Å². The lowest BCUT2D eigenvalue weighted by molar-refractivity contribution is -0.165. The minimum Gasteiger partial charge on any atom is -0.293 e. The number of benzene rings is 1. The van der Waals surface area contributed by atoms with E-state index in [1.807, 2.05) is 0 Å². The van der Waals surface area contributed by atoms with Gasteiger partial charge in [-0.25, -0.2) is 14.1 Å². The molecule has 148 valence electrons. The molecule has 2 aromatic rings. The summed E-state index contributed by atoms with van der Waals surface area (Å²) in [4.78, 5) is 17.6. The molecular formula is C22H27FN4O. The highest BCUT2D eigenvalue weighted by Gasteiger charge is 2.62. The monoisotopic (exact) mass is 382 g/mol. The SMILES string of the molecule is C[C@@]12CC3CC(C(=O)Nc4ncn(Cc5ccc(F)cc5)n4)(C1)C[C@@](C)(C3)C2. The van der Waals surface area contributed by atoms with Gasteiger partial charge in [-0.1, -0.05) is 26.0 Å². The molecule has 0 saturated heterocycles. The summed E-state index contributed by atoms with van der Waals surface area (Å²) in [5, 5.41) is 7.42. The zero-order valence-corrected chi connectivity index (χ0v) is 16.5. The number of hydrogen-bond donors (Lipinski definition) is 1. The summed E-state index contributed by atoms with van der Waals surface area (Å²) in [5.41, 5.74) is 1.25. The normalized spacial score (nSPS) is 35.9. The summed E-state index contributed by atoms with van der Waals surface area (Å²) >= 11 is 0. The average Bonchev–Trinajstić information content (AvgIpc) is 3.00. The molecule has 4 saturated carbocycles. The number of carbonyl (C=O) groups excluding carboxylic acids is 1. The molecule has 0 radical (unpaired) electrons. The molecule has 4 aliphatic carbocycles. The summed E-state index contributed by atoms with van der Waals surface area (Å²) < 4.78 is 14.7. The Balaban J connectivity index is 1.31. The third-order valence-electron chi connectivity index (χ3n) is 7.13. The minimum absolute atomic E-state index is 0.0913. The van der Waals surface area contributed by atoms with E-state index < -0.39 is 0 Å². The topological polar surface area (TPSA) is 59.8 Å². The van der Waals surface area contributed by atoms with E-state index in [2.05, 4.69) is 29.2 Å². The Kier molecular flexibility index (Phi) is 3.74. The second-order valence-electron chi connectivity index (χ2n) is 10.3. The highest BCUT2D eigenvalue weighted by Crippen LogP contribution is 2.69. The van der Waals surface area contributed by atoms with Gasteiger partial charge in [0, 0.05) is 0 Å². The lowest BCUT2D eigenvalue weighted by Crippen LogP contribution is -2.58. The van der Waals surface area contributed by atoms with Crippen LogP contribution in [0.15, 0.2) is 30.6 Å². The Hall–Kier alpha value is -2.24. The third kappa shape index (κ3) is 3.03. The van der Waals surface area contributed by atoms with Crippen molar-refractivity contribution in [1.82, 2.24) is 14.8 Å². The number of nitrogens with one attached hydrogen (secondary N) is 1. The van der Waals surface area contributed by atoms with Crippen LogP contribution in [0.2, 0.25) is 0 Å².